The molecule has 156 valence electrons. The minimum absolute atomic E-state index is 0.0400. The van der Waals surface area contributed by atoms with E-state index in [0.717, 1.165) is 22.2 Å². The number of fused-ring (bicyclic) bond motifs is 2. The van der Waals surface area contributed by atoms with Gasteiger partial charge in [-0.05, 0) is 0 Å². The molecule has 0 fully saturated rings. The van der Waals surface area contributed by atoms with Crippen LogP contribution in [0.3, 0.4) is 0 Å². The van der Waals surface area contributed by atoms with Crippen LogP contribution in [0.15, 0.2) is 40.5 Å². The Balaban J connectivity index is 2.20. The van der Waals surface area contributed by atoms with Crippen LogP contribution < -0.4 is 5.19 Å². The number of hydrogen-bond acceptors (Lipinski definition) is 3. The number of benzene rings is 1. The number of nitrogens with zero attached hydrogens (tertiary/aromatic N) is 1. The zero-order valence-corrected chi connectivity index (χ0v) is 24.5. The van der Waals surface area contributed by atoms with E-state index in [1.54, 1.807) is 12.1 Å². The van der Waals surface area contributed by atoms with Gasteiger partial charge in [0.15, 0.2) is 0 Å². The van der Waals surface area contributed by atoms with Gasteiger partial charge in [-0.1, -0.05) is 0 Å². The Hall–Kier alpha value is -0.484. The van der Waals surface area contributed by atoms with Crippen LogP contribution in [0.25, 0.3) is 10.0 Å². The Morgan fingerprint density at radius 1 is 1.07 bits per heavy atom. The van der Waals surface area contributed by atoms with E-state index in [1.165, 1.54) is 21.2 Å². The number of aliphatic imine (C=N–C) groups is 1. The van der Waals surface area contributed by atoms with Crippen LogP contribution in [0.1, 0.15) is 32.1 Å². The van der Waals surface area contributed by atoms with E-state index in [-0.39, 0.29) is 20.3 Å². The Kier molecular flexibility index (Phi) is 6.16. The van der Waals surface area contributed by atoms with Gasteiger partial charge in [0.05, 0.1) is 0 Å². The number of carbonyl (C=O) groups excluding carboxylic acids is 1. The third-order valence-electron chi connectivity index (χ3n) is 6.23. The molecule has 4 rings (SSSR count). The van der Waals surface area contributed by atoms with E-state index < -0.39 is 8.07 Å². The summed E-state index contributed by atoms with van der Waals surface area (Å²) in [5.74, 6) is 0.381. The second kappa shape index (κ2) is 8.14. The van der Waals surface area contributed by atoms with Gasteiger partial charge >= 0.3 is 214 Å². The van der Waals surface area contributed by atoms with Crippen LogP contribution in [0.2, 0.25) is 11.1 Å². The number of halogens is 2. The van der Waals surface area contributed by atoms with Crippen molar-refractivity contribution in [1.82, 2.24) is 0 Å². The van der Waals surface area contributed by atoms with Crippen LogP contribution >= 0.6 is 45.2 Å². The van der Waals surface area contributed by atoms with Crippen LogP contribution in [0, 0.1) is 14.1 Å². The van der Waals surface area contributed by atoms with Crippen LogP contribution in [0.5, 0.6) is 5.75 Å². The van der Waals surface area contributed by atoms with Gasteiger partial charge in [0.25, 0.3) is 0 Å². The first-order valence-electron chi connectivity index (χ1n) is 9.95. The number of aromatic hydroxyl groups is 1. The molecule has 0 amide bonds. The number of allylic oxidation sites excluding steroid dienone is 4. The number of phenols is 1. The van der Waals surface area contributed by atoms with Gasteiger partial charge in [-0.15, -0.1) is 0 Å². The molecule has 7 heteroatoms. The van der Waals surface area contributed by atoms with Gasteiger partial charge in [-0.25, -0.2) is 0 Å². The summed E-state index contributed by atoms with van der Waals surface area (Å²) in [5.41, 5.74) is 3.59. The molecule has 1 aliphatic carbocycles. The van der Waals surface area contributed by atoms with Gasteiger partial charge in [0, 0.05) is 0 Å². The maximum absolute atomic E-state index is 12.4. The van der Waals surface area contributed by atoms with E-state index in [1.807, 2.05) is 18.2 Å². The Labute approximate surface area is 211 Å². The molecule has 0 radical (unpaired) electrons. The summed E-state index contributed by atoms with van der Waals surface area (Å²) < 4.78 is 5.20. The van der Waals surface area contributed by atoms with Gasteiger partial charge in [-0.3, -0.25) is 0 Å². The fourth-order valence-electron chi connectivity index (χ4n) is 5.05. The average molecular weight is 706 g/mol. The Morgan fingerprint density at radius 2 is 1.73 bits per heavy atom. The summed E-state index contributed by atoms with van der Waals surface area (Å²) in [4.78, 5) is 17.4. The van der Waals surface area contributed by atoms with Gasteiger partial charge in [0.1, 0.15) is 0 Å². The summed E-state index contributed by atoms with van der Waals surface area (Å²) in [5, 5.41) is 13.5. The van der Waals surface area contributed by atoms with Gasteiger partial charge in [-0.2, -0.15) is 0 Å². The number of aryl methyl sites for hydroxylation is 1. The van der Waals surface area contributed by atoms with Crippen molar-refractivity contribution in [2.45, 2.75) is 45.7 Å². The molecule has 0 saturated carbocycles. The number of ketones is 1. The first-order chi connectivity index (χ1) is 14.1. The zero-order chi connectivity index (χ0) is 22.0. The van der Waals surface area contributed by atoms with Crippen molar-refractivity contribution >= 4 is 90.1 Å². The molecule has 1 N–H and O–H groups in total. The van der Waals surface area contributed by atoms with E-state index in [2.05, 4.69) is 79.8 Å². The number of phenolic OH excluding ortho intramolecular Hbond substituents is 1. The summed E-state index contributed by atoms with van der Waals surface area (Å²) in [6.45, 7) is 11.3. The first kappa shape index (κ1) is 22.7. The Morgan fingerprint density at radius 3 is 2.30 bits per heavy atom. The predicted octanol–water partition coefficient (Wildman–Crippen LogP) is 5.80. The third kappa shape index (κ3) is 3.22. The van der Waals surface area contributed by atoms with Gasteiger partial charge in [0.2, 0.25) is 0 Å². The van der Waals surface area contributed by atoms with Crippen molar-refractivity contribution in [1.29, 1.82) is 0 Å². The van der Waals surface area contributed by atoms with Crippen LogP contribution in [-0.4, -0.2) is 39.2 Å². The second-order valence-electron chi connectivity index (χ2n) is 8.44. The van der Waals surface area contributed by atoms with Crippen molar-refractivity contribution in [3.63, 3.8) is 0 Å². The van der Waals surface area contributed by atoms with E-state index in [0.29, 0.717) is 16.8 Å². The molecule has 0 bridgehead atoms. The van der Waals surface area contributed by atoms with Crippen molar-refractivity contribution in [2.24, 2.45) is 4.99 Å². The van der Waals surface area contributed by atoms with E-state index >= 15 is 0 Å². The van der Waals surface area contributed by atoms with Crippen molar-refractivity contribution in [3.8, 4) is 15.8 Å². The molecule has 0 atom stereocenters. The SMILES string of the molecule is Cc1[se]c(-c2c(O)ccc3c2[Si](C(C)C)(C(C)C)C2=CC(=O)C=CC2=N3)c(I)c1I. The van der Waals surface area contributed by atoms with Crippen molar-refractivity contribution < 1.29 is 9.90 Å². The van der Waals surface area contributed by atoms with E-state index in [4.69, 9.17) is 4.99 Å². The topological polar surface area (TPSA) is 49.7 Å². The Bertz CT molecular complexity index is 1170. The molecule has 0 spiro atoms. The first-order valence-corrected chi connectivity index (χ1v) is 16.0. The molecule has 30 heavy (non-hydrogen) atoms. The van der Waals surface area contributed by atoms with E-state index in [9.17, 15) is 9.90 Å². The molecular formula is C23H23I2NO2SeSi. The normalized spacial score (nSPS) is 17.2. The number of hydrogen-bond donors (Lipinski definition) is 1. The third-order valence-corrected chi connectivity index (χ3v) is 20.0. The van der Waals surface area contributed by atoms with Crippen LogP contribution in [-0.2, 0) is 4.79 Å². The fourth-order valence-corrected chi connectivity index (χ4v) is 16.4. The standard InChI is InChI=1S/C23H23I2NO2SeSi/c1-11(2)30(12(3)4)18-10-14(27)6-7-15(18)26-16-8-9-17(28)19(23(16)30)22-21(25)20(24)13(5)29-22/h6-12,28H,1-5H3. The second-order valence-corrected chi connectivity index (χ2v) is 18.3. The molecule has 3 nitrogen and oxygen atoms in total. The number of rotatable bonds is 3. The molecule has 1 aliphatic heterocycles. The molecule has 1 aromatic heterocycles. The molecule has 2 aliphatic rings. The summed E-state index contributed by atoms with van der Waals surface area (Å²) in [7, 11) is -2.43. The fraction of sp³-hybridized carbons (Fsp3) is 0.304. The van der Waals surface area contributed by atoms with Crippen molar-refractivity contribution in [2.75, 3.05) is 0 Å². The molecule has 0 saturated heterocycles. The zero-order valence-electron chi connectivity index (χ0n) is 17.5. The molecule has 1 aromatic carbocycles. The maximum atomic E-state index is 12.4. The van der Waals surface area contributed by atoms with Gasteiger partial charge < -0.3 is 0 Å². The molecule has 0 unspecified atom stereocenters. The average Bonchev–Trinajstić information content (AvgIpc) is 2.93. The summed E-state index contributed by atoms with van der Waals surface area (Å²) in [6.07, 6.45) is 5.33. The molecular weight excluding hydrogens is 683 g/mol. The molecule has 2 heterocycles. The summed E-state index contributed by atoms with van der Waals surface area (Å²) >= 11 is 5.04. The van der Waals surface area contributed by atoms with Crippen LogP contribution in [0.4, 0.5) is 5.69 Å². The van der Waals surface area contributed by atoms with Crippen molar-refractivity contribution in [3.05, 3.63) is 47.1 Å². The predicted molar refractivity (Wildman–Crippen MR) is 146 cm³/mol. The molecule has 2 aromatic rings. The monoisotopic (exact) mass is 707 g/mol. The number of carbonyl (C=O) groups is 1. The summed E-state index contributed by atoms with van der Waals surface area (Å²) in [6, 6.07) is 3.77. The quantitative estimate of drug-likeness (QED) is 0.250. The minimum atomic E-state index is -2.43.